The molecule has 1 aliphatic carbocycles. The summed E-state index contributed by atoms with van der Waals surface area (Å²) in [6, 6.07) is 1.62. The monoisotopic (exact) mass is 248 g/mol. The van der Waals surface area contributed by atoms with Crippen molar-refractivity contribution in [3.8, 4) is 0 Å². The molecule has 2 fully saturated rings. The van der Waals surface area contributed by atoms with Gasteiger partial charge in [0.25, 0.3) is 5.91 Å². The number of aromatic nitrogens is 2. The van der Waals surface area contributed by atoms with Crippen LogP contribution < -0.4 is 10.6 Å². The standard InChI is InChI=1S/C12H16N4O2/c13-11(18)9-5-10(16-4-3-8(17)6-16)15-12(14-9)7-1-2-7/h5,7-8,17H,1-4,6H2,(H2,13,18)/t8-/m1/s1. The van der Waals surface area contributed by atoms with Gasteiger partial charge in [0, 0.05) is 25.1 Å². The average Bonchev–Trinajstić information content (AvgIpc) is 3.11. The van der Waals surface area contributed by atoms with Crippen LogP contribution in [0, 0.1) is 0 Å². The number of aliphatic hydroxyl groups excluding tert-OH is 1. The normalized spacial score (nSPS) is 23.4. The molecule has 1 saturated heterocycles. The highest BCUT2D eigenvalue weighted by molar-refractivity contribution is 5.91. The molecule has 1 aliphatic heterocycles. The Morgan fingerprint density at radius 2 is 2.17 bits per heavy atom. The summed E-state index contributed by atoms with van der Waals surface area (Å²) in [4.78, 5) is 22.0. The molecule has 1 saturated carbocycles. The van der Waals surface area contributed by atoms with Crippen LogP contribution in [0.15, 0.2) is 6.07 Å². The summed E-state index contributed by atoms with van der Waals surface area (Å²) in [7, 11) is 0. The molecular formula is C12H16N4O2. The Labute approximate surface area is 105 Å². The molecule has 6 nitrogen and oxygen atoms in total. The molecule has 0 bridgehead atoms. The Kier molecular flexibility index (Phi) is 2.66. The first kappa shape index (κ1) is 11.4. The van der Waals surface area contributed by atoms with Crippen molar-refractivity contribution in [2.75, 3.05) is 18.0 Å². The van der Waals surface area contributed by atoms with Gasteiger partial charge < -0.3 is 15.7 Å². The van der Waals surface area contributed by atoms with Crippen LogP contribution in [0.4, 0.5) is 5.82 Å². The first-order valence-corrected chi connectivity index (χ1v) is 6.25. The van der Waals surface area contributed by atoms with Gasteiger partial charge in [0.1, 0.15) is 17.3 Å². The molecule has 0 unspecified atom stereocenters. The highest BCUT2D eigenvalue weighted by atomic mass is 16.3. The molecular weight excluding hydrogens is 232 g/mol. The van der Waals surface area contributed by atoms with Crippen molar-refractivity contribution in [1.82, 2.24) is 9.97 Å². The van der Waals surface area contributed by atoms with Gasteiger partial charge in [-0.15, -0.1) is 0 Å². The van der Waals surface area contributed by atoms with Gasteiger partial charge in [-0.3, -0.25) is 4.79 Å². The summed E-state index contributed by atoms with van der Waals surface area (Å²) in [6.45, 7) is 1.31. The second-order valence-electron chi connectivity index (χ2n) is 5.00. The van der Waals surface area contributed by atoms with Crippen LogP contribution in [0.1, 0.15) is 41.5 Å². The molecule has 0 radical (unpaired) electrons. The van der Waals surface area contributed by atoms with Crippen LogP contribution in [-0.2, 0) is 0 Å². The predicted octanol–water partition coefficient (Wildman–Crippen LogP) is 0.0239. The molecule has 96 valence electrons. The van der Waals surface area contributed by atoms with Crippen LogP contribution in [0.2, 0.25) is 0 Å². The second kappa shape index (κ2) is 4.20. The number of primary amides is 1. The van der Waals surface area contributed by atoms with Crippen molar-refractivity contribution < 1.29 is 9.90 Å². The highest BCUT2D eigenvalue weighted by Gasteiger charge is 2.29. The lowest BCUT2D eigenvalue weighted by Crippen LogP contribution is -2.24. The number of nitrogens with zero attached hydrogens (tertiary/aromatic N) is 3. The molecule has 2 heterocycles. The number of anilines is 1. The molecule has 1 amide bonds. The molecule has 3 rings (SSSR count). The van der Waals surface area contributed by atoms with Crippen LogP contribution in [-0.4, -0.2) is 40.2 Å². The maximum atomic E-state index is 11.3. The molecule has 1 aromatic rings. The van der Waals surface area contributed by atoms with E-state index in [2.05, 4.69) is 9.97 Å². The third-order valence-electron chi connectivity index (χ3n) is 3.41. The number of hydrogen-bond donors (Lipinski definition) is 2. The van der Waals surface area contributed by atoms with Crippen molar-refractivity contribution in [2.45, 2.75) is 31.3 Å². The maximum absolute atomic E-state index is 11.3. The molecule has 0 aromatic carbocycles. The Bertz CT molecular complexity index is 487. The van der Waals surface area contributed by atoms with Crippen LogP contribution in [0.25, 0.3) is 0 Å². The van der Waals surface area contributed by atoms with Gasteiger partial charge in [0.2, 0.25) is 0 Å². The molecule has 1 atom stereocenters. The lowest BCUT2D eigenvalue weighted by Gasteiger charge is -2.17. The third kappa shape index (κ3) is 2.15. The summed E-state index contributed by atoms with van der Waals surface area (Å²) in [5.41, 5.74) is 5.57. The number of carbonyl (C=O) groups excluding carboxylic acids is 1. The zero-order valence-corrected chi connectivity index (χ0v) is 10.0. The van der Waals surface area contributed by atoms with Gasteiger partial charge in [-0.2, -0.15) is 0 Å². The van der Waals surface area contributed by atoms with Crippen molar-refractivity contribution in [1.29, 1.82) is 0 Å². The molecule has 0 spiro atoms. The second-order valence-corrected chi connectivity index (χ2v) is 5.00. The van der Waals surface area contributed by atoms with Gasteiger partial charge in [-0.1, -0.05) is 0 Å². The minimum Gasteiger partial charge on any atom is -0.391 e. The fraction of sp³-hybridized carbons (Fsp3) is 0.583. The van der Waals surface area contributed by atoms with Crippen LogP contribution in [0.3, 0.4) is 0 Å². The Morgan fingerprint density at radius 3 is 2.72 bits per heavy atom. The predicted molar refractivity (Wildman–Crippen MR) is 65.4 cm³/mol. The quantitative estimate of drug-likeness (QED) is 0.787. The third-order valence-corrected chi connectivity index (χ3v) is 3.41. The molecule has 1 aromatic heterocycles. The summed E-state index contributed by atoms with van der Waals surface area (Å²) in [6.07, 6.45) is 2.56. The van der Waals surface area contributed by atoms with E-state index in [9.17, 15) is 9.90 Å². The van der Waals surface area contributed by atoms with Crippen LogP contribution >= 0.6 is 0 Å². The number of carbonyl (C=O) groups is 1. The van der Waals surface area contributed by atoms with Crippen molar-refractivity contribution in [3.05, 3.63) is 17.6 Å². The lowest BCUT2D eigenvalue weighted by atomic mass is 10.3. The highest BCUT2D eigenvalue weighted by Crippen LogP contribution is 2.38. The molecule has 2 aliphatic rings. The van der Waals surface area contributed by atoms with Crippen molar-refractivity contribution >= 4 is 11.7 Å². The first-order valence-electron chi connectivity index (χ1n) is 6.25. The van der Waals surface area contributed by atoms with Gasteiger partial charge in [-0.05, 0) is 19.3 Å². The summed E-state index contributed by atoms with van der Waals surface area (Å²) < 4.78 is 0. The molecule has 3 N–H and O–H groups in total. The first-order chi connectivity index (χ1) is 8.63. The van der Waals surface area contributed by atoms with Crippen LogP contribution in [0.5, 0.6) is 0 Å². The smallest absolute Gasteiger partial charge is 0.267 e. The number of hydrogen-bond acceptors (Lipinski definition) is 5. The Balaban J connectivity index is 1.94. The summed E-state index contributed by atoms with van der Waals surface area (Å²) in [5, 5.41) is 9.55. The number of β-amino-alcohol motifs (C(OH)–C–C–N with tert-alkyl or cyclic N) is 1. The van der Waals surface area contributed by atoms with Gasteiger partial charge in [0.05, 0.1) is 6.10 Å². The number of aliphatic hydroxyl groups is 1. The van der Waals surface area contributed by atoms with Gasteiger partial charge >= 0.3 is 0 Å². The van der Waals surface area contributed by atoms with E-state index in [0.29, 0.717) is 24.1 Å². The van der Waals surface area contributed by atoms with Gasteiger partial charge in [-0.25, -0.2) is 9.97 Å². The molecule has 6 heteroatoms. The van der Waals surface area contributed by atoms with Crippen molar-refractivity contribution in [2.24, 2.45) is 5.73 Å². The van der Waals surface area contributed by atoms with E-state index in [1.807, 2.05) is 4.90 Å². The zero-order chi connectivity index (χ0) is 12.7. The summed E-state index contributed by atoms with van der Waals surface area (Å²) in [5.74, 6) is 1.26. The average molecular weight is 248 g/mol. The van der Waals surface area contributed by atoms with E-state index in [1.165, 1.54) is 0 Å². The topological polar surface area (TPSA) is 92.3 Å². The fourth-order valence-corrected chi connectivity index (χ4v) is 2.21. The van der Waals surface area contributed by atoms with E-state index in [0.717, 1.165) is 25.8 Å². The van der Waals surface area contributed by atoms with E-state index >= 15 is 0 Å². The van der Waals surface area contributed by atoms with E-state index < -0.39 is 5.91 Å². The maximum Gasteiger partial charge on any atom is 0.267 e. The van der Waals surface area contributed by atoms with E-state index in [4.69, 9.17) is 5.73 Å². The fourth-order valence-electron chi connectivity index (χ4n) is 2.21. The SMILES string of the molecule is NC(=O)c1cc(N2CC[C@@H](O)C2)nc(C2CC2)n1. The van der Waals surface area contributed by atoms with Gasteiger partial charge in [0.15, 0.2) is 0 Å². The zero-order valence-electron chi connectivity index (χ0n) is 10.0. The number of rotatable bonds is 3. The lowest BCUT2D eigenvalue weighted by molar-refractivity contribution is 0.0995. The Hall–Kier alpha value is -1.69. The van der Waals surface area contributed by atoms with E-state index in [-0.39, 0.29) is 11.8 Å². The molecule has 18 heavy (non-hydrogen) atoms. The Morgan fingerprint density at radius 1 is 1.39 bits per heavy atom. The minimum absolute atomic E-state index is 0.267. The summed E-state index contributed by atoms with van der Waals surface area (Å²) >= 11 is 0. The van der Waals surface area contributed by atoms with E-state index in [1.54, 1.807) is 6.07 Å². The minimum atomic E-state index is -0.528. The largest absolute Gasteiger partial charge is 0.391 e. The number of nitrogens with two attached hydrogens (primary N) is 1. The number of amides is 1. The van der Waals surface area contributed by atoms with Crippen molar-refractivity contribution in [3.63, 3.8) is 0 Å².